The van der Waals surface area contributed by atoms with Crippen molar-refractivity contribution in [2.75, 3.05) is 0 Å². The quantitative estimate of drug-likeness (QED) is 0.636. The number of nitrogens with one attached hydrogen (secondary N) is 2. The number of hydrogen-bond donors (Lipinski definition) is 2. The zero-order valence-corrected chi connectivity index (χ0v) is 8.66. The van der Waals surface area contributed by atoms with Crippen LogP contribution >= 0.6 is 0 Å². The van der Waals surface area contributed by atoms with Gasteiger partial charge in [-0.25, -0.2) is 0 Å². The molecule has 1 saturated heterocycles. The van der Waals surface area contributed by atoms with Crippen LogP contribution < -0.4 is 10.6 Å². The number of fused-ring (bicyclic) bond motifs is 2. The summed E-state index contributed by atoms with van der Waals surface area (Å²) in [5.41, 5.74) is 0. The lowest BCUT2D eigenvalue weighted by atomic mass is 9.94. The molecule has 1 heterocycles. The Morgan fingerprint density at radius 2 is 2.07 bits per heavy atom. The molecule has 3 rings (SSSR count). The highest BCUT2D eigenvalue weighted by Crippen LogP contribution is 2.44. The Morgan fingerprint density at radius 3 is 2.60 bits per heavy atom. The average Bonchev–Trinajstić information content (AvgIpc) is 2.83. The lowest BCUT2D eigenvalue weighted by molar-refractivity contribution is -0.125. The number of imide groups is 1. The van der Waals surface area contributed by atoms with Crippen molar-refractivity contribution in [3.63, 3.8) is 0 Å². The minimum atomic E-state index is -0.262. The Bertz CT molecular complexity index is 316. The van der Waals surface area contributed by atoms with E-state index >= 15 is 0 Å². The summed E-state index contributed by atoms with van der Waals surface area (Å²) in [6, 6.07) is 0.215. The first-order valence-electron chi connectivity index (χ1n) is 5.82. The zero-order valence-electron chi connectivity index (χ0n) is 8.66. The maximum atomic E-state index is 11.4. The smallest absolute Gasteiger partial charge is 0.244 e. The van der Waals surface area contributed by atoms with E-state index in [-0.39, 0.29) is 17.9 Å². The maximum Gasteiger partial charge on any atom is 0.244 e. The largest absolute Gasteiger partial charge is 0.302 e. The molecule has 1 aliphatic heterocycles. The minimum Gasteiger partial charge on any atom is -0.302 e. The lowest BCUT2D eigenvalue weighted by Gasteiger charge is -2.25. The fourth-order valence-electron chi connectivity index (χ4n) is 3.40. The van der Waals surface area contributed by atoms with E-state index < -0.39 is 0 Å². The van der Waals surface area contributed by atoms with E-state index in [1.165, 1.54) is 25.7 Å². The molecule has 82 valence electrons. The summed E-state index contributed by atoms with van der Waals surface area (Å²) >= 11 is 0. The van der Waals surface area contributed by atoms with Crippen LogP contribution in [0.2, 0.25) is 0 Å². The van der Waals surface area contributed by atoms with Crippen LogP contribution in [0.1, 0.15) is 32.1 Å². The second-order valence-electron chi connectivity index (χ2n) is 5.12. The minimum absolute atomic E-state index is 0.136. The molecule has 3 fully saturated rings. The van der Waals surface area contributed by atoms with Crippen molar-refractivity contribution >= 4 is 11.8 Å². The van der Waals surface area contributed by atoms with Gasteiger partial charge in [-0.1, -0.05) is 6.42 Å². The molecular formula is C11H16N2O2. The predicted molar refractivity (Wildman–Crippen MR) is 53.9 cm³/mol. The van der Waals surface area contributed by atoms with Crippen LogP contribution in [-0.2, 0) is 9.59 Å². The molecule has 4 heteroatoms. The number of carbonyl (C=O) groups excluding carboxylic acids is 2. The van der Waals surface area contributed by atoms with Crippen molar-refractivity contribution in [2.45, 2.75) is 44.2 Å². The van der Waals surface area contributed by atoms with Crippen molar-refractivity contribution in [2.24, 2.45) is 11.8 Å². The molecule has 2 N–H and O–H groups in total. The SMILES string of the molecule is O=C1CC(NC2CC3CCC2C3)C(=O)N1. The van der Waals surface area contributed by atoms with Gasteiger partial charge in [-0.2, -0.15) is 0 Å². The van der Waals surface area contributed by atoms with Crippen LogP contribution in [0.5, 0.6) is 0 Å². The molecule has 2 aliphatic carbocycles. The molecule has 0 radical (unpaired) electrons. The Morgan fingerprint density at radius 1 is 1.20 bits per heavy atom. The van der Waals surface area contributed by atoms with Crippen molar-refractivity contribution in [1.82, 2.24) is 10.6 Å². The van der Waals surface area contributed by atoms with E-state index in [0.29, 0.717) is 12.5 Å². The number of carbonyl (C=O) groups is 2. The molecule has 0 spiro atoms. The van der Waals surface area contributed by atoms with Gasteiger partial charge in [0.15, 0.2) is 0 Å². The van der Waals surface area contributed by atoms with Crippen molar-refractivity contribution in [1.29, 1.82) is 0 Å². The van der Waals surface area contributed by atoms with Crippen LogP contribution in [0.4, 0.5) is 0 Å². The third-order valence-electron chi connectivity index (χ3n) is 4.12. The fourth-order valence-corrected chi connectivity index (χ4v) is 3.40. The van der Waals surface area contributed by atoms with Gasteiger partial charge in [-0.05, 0) is 31.1 Å². The Hall–Kier alpha value is -0.900. The highest BCUT2D eigenvalue weighted by molar-refractivity contribution is 6.05. The third-order valence-corrected chi connectivity index (χ3v) is 4.12. The van der Waals surface area contributed by atoms with Gasteiger partial charge in [-0.3, -0.25) is 14.9 Å². The van der Waals surface area contributed by atoms with E-state index in [1.807, 2.05) is 0 Å². The first kappa shape index (κ1) is 9.33. The standard InChI is InChI=1S/C11H16N2O2/c14-10-5-9(11(15)13-10)12-8-4-6-1-2-7(8)3-6/h6-9,12H,1-5H2,(H,13,14,15). The molecule has 0 aromatic heterocycles. The van der Waals surface area contributed by atoms with Gasteiger partial charge in [-0.15, -0.1) is 0 Å². The molecule has 2 bridgehead atoms. The first-order valence-corrected chi connectivity index (χ1v) is 5.82. The molecular weight excluding hydrogens is 192 g/mol. The van der Waals surface area contributed by atoms with Gasteiger partial charge in [0.25, 0.3) is 0 Å². The van der Waals surface area contributed by atoms with E-state index in [2.05, 4.69) is 10.6 Å². The van der Waals surface area contributed by atoms with Gasteiger partial charge in [0.2, 0.25) is 11.8 Å². The second-order valence-corrected chi connectivity index (χ2v) is 5.12. The highest BCUT2D eigenvalue weighted by Gasteiger charge is 2.42. The summed E-state index contributed by atoms with van der Waals surface area (Å²) in [6.07, 6.45) is 5.50. The summed E-state index contributed by atoms with van der Waals surface area (Å²) in [5, 5.41) is 5.70. The maximum absolute atomic E-state index is 11.4. The summed E-state index contributed by atoms with van der Waals surface area (Å²) in [6.45, 7) is 0. The number of hydrogen-bond acceptors (Lipinski definition) is 3. The van der Waals surface area contributed by atoms with Gasteiger partial charge >= 0.3 is 0 Å². The molecule has 3 aliphatic rings. The molecule has 4 atom stereocenters. The predicted octanol–water partition coefficient (Wildman–Crippen LogP) is 0.180. The van der Waals surface area contributed by atoms with Gasteiger partial charge in [0.1, 0.15) is 0 Å². The monoisotopic (exact) mass is 208 g/mol. The molecule has 2 amide bonds. The fraction of sp³-hybridized carbons (Fsp3) is 0.818. The van der Waals surface area contributed by atoms with Crippen LogP contribution in [0.15, 0.2) is 0 Å². The molecule has 4 unspecified atom stereocenters. The molecule has 2 saturated carbocycles. The average molecular weight is 208 g/mol. The van der Waals surface area contributed by atoms with Crippen molar-refractivity contribution in [3.05, 3.63) is 0 Å². The molecule has 0 aromatic carbocycles. The highest BCUT2D eigenvalue weighted by atomic mass is 16.2. The Balaban J connectivity index is 1.62. The van der Waals surface area contributed by atoms with Crippen molar-refractivity contribution in [3.8, 4) is 0 Å². The summed E-state index contributed by atoms with van der Waals surface area (Å²) in [4.78, 5) is 22.4. The van der Waals surface area contributed by atoms with E-state index in [1.54, 1.807) is 0 Å². The normalized spacial score (nSPS) is 43.7. The molecule has 0 aromatic rings. The molecule has 4 nitrogen and oxygen atoms in total. The molecule has 15 heavy (non-hydrogen) atoms. The second kappa shape index (κ2) is 3.30. The van der Waals surface area contributed by atoms with E-state index in [0.717, 1.165) is 11.8 Å². The van der Waals surface area contributed by atoms with Gasteiger partial charge < -0.3 is 5.32 Å². The van der Waals surface area contributed by atoms with Gasteiger partial charge in [0, 0.05) is 6.04 Å². The van der Waals surface area contributed by atoms with E-state index in [4.69, 9.17) is 0 Å². The Kier molecular flexibility index (Phi) is 2.06. The van der Waals surface area contributed by atoms with Crippen LogP contribution in [0.25, 0.3) is 0 Å². The zero-order chi connectivity index (χ0) is 10.4. The number of rotatable bonds is 2. The van der Waals surface area contributed by atoms with Crippen LogP contribution in [-0.4, -0.2) is 23.9 Å². The summed E-state index contributed by atoms with van der Waals surface area (Å²) in [5.74, 6) is 1.34. The van der Waals surface area contributed by atoms with Crippen LogP contribution in [0.3, 0.4) is 0 Å². The summed E-state index contributed by atoms with van der Waals surface area (Å²) in [7, 11) is 0. The van der Waals surface area contributed by atoms with Crippen molar-refractivity contribution < 1.29 is 9.59 Å². The van der Waals surface area contributed by atoms with E-state index in [9.17, 15) is 9.59 Å². The third kappa shape index (κ3) is 1.57. The van der Waals surface area contributed by atoms with Gasteiger partial charge in [0.05, 0.1) is 12.5 Å². The van der Waals surface area contributed by atoms with Crippen LogP contribution in [0, 0.1) is 11.8 Å². The lowest BCUT2D eigenvalue weighted by Crippen LogP contribution is -2.45. The topological polar surface area (TPSA) is 58.2 Å². The number of amides is 2. The summed E-state index contributed by atoms with van der Waals surface area (Å²) < 4.78 is 0. The Labute approximate surface area is 88.8 Å². The first-order chi connectivity index (χ1) is 7.22.